The van der Waals surface area contributed by atoms with Gasteiger partial charge in [-0.25, -0.2) is 0 Å². The van der Waals surface area contributed by atoms with Crippen LogP contribution in [0, 0.1) is 0 Å². The maximum atomic E-state index is 11.7. The molecule has 1 heterocycles. The van der Waals surface area contributed by atoms with Gasteiger partial charge < -0.3 is 9.47 Å². The molecule has 0 amide bonds. The number of methoxy groups -OCH3 is 1. The molecule has 0 saturated heterocycles. The predicted octanol–water partition coefficient (Wildman–Crippen LogP) is 2.27. The summed E-state index contributed by atoms with van der Waals surface area (Å²) >= 11 is 3.39. The van der Waals surface area contributed by atoms with Crippen molar-refractivity contribution in [3.05, 3.63) is 28.2 Å². The van der Waals surface area contributed by atoms with Gasteiger partial charge in [0.15, 0.2) is 0 Å². The number of fused-ring (bicyclic) bond motifs is 1. The first-order valence-electron chi connectivity index (χ1n) is 4.60. The molecule has 0 saturated carbocycles. The molecule has 1 aromatic rings. The summed E-state index contributed by atoms with van der Waals surface area (Å²) in [7, 11) is 1.39. The molecule has 1 aliphatic rings. The van der Waals surface area contributed by atoms with E-state index in [0.29, 0.717) is 6.61 Å². The van der Waals surface area contributed by atoms with Crippen LogP contribution in [0.15, 0.2) is 22.7 Å². The highest BCUT2D eigenvalue weighted by atomic mass is 79.9. The van der Waals surface area contributed by atoms with Crippen molar-refractivity contribution in [2.24, 2.45) is 0 Å². The third kappa shape index (κ3) is 1.44. The quantitative estimate of drug-likeness (QED) is 0.735. The first kappa shape index (κ1) is 10.5. The van der Waals surface area contributed by atoms with E-state index in [0.717, 1.165) is 15.8 Å². The van der Waals surface area contributed by atoms with Gasteiger partial charge in [-0.3, -0.25) is 4.79 Å². The topological polar surface area (TPSA) is 35.5 Å². The molecule has 0 bridgehead atoms. The highest BCUT2D eigenvalue weighted by Gasteiger charge is 2.44. The van der Waals surface area contributed by atoms with Crippen molar-refractivity contribution in [1.29, 1.82) is 0 Å². The van der Waals surface area contributed by atoms with Gasteiger partial charge in [0.2, 0.25) is 0 Å². The number of para-hydroxylation sites is 1. The number of ether oxygens (including phenoxy) is 2. The zero-order chi connectivity index (χ0) is 11.1. The van der Waals surface area contributed by atoms with Crippen molar-refractivity contribution in [3.63, 3.8) is 0 Å². The van der Waals surface area contributed by atoms with Crippen molar-refractivity contribution in [2.75, 3.05) is 13.7 Å². The molecule has 0 fully saturated rings. The van der Waals surface area contributed by atoms with E-state index in [1.54, 1.807) is 0 Å². The van der Waals surface area contributed by atoms with Crippen LogP contribution in [0.5, 0.6) is 5.75 Å². The third-order valence-electron chi connectivity index (χ3n) is 2.70. The lowest BCUT2D eigenvalue weighted by Crippen LogP contribution is -2.35. The molecule has 4 heteroatoms. The molecule has 0 spiro atoms. The SMILES string of the molecule is COC(=O)C1(C)COc2c(Br)cccc21. The molecular formula is C11H11BrO3. The van der Waals surface area contributed by atoms with Crippen LogP contribution in [0.2, 0.25) is 0 Å². The number of benzene rings is 1. The smallest absolute Gasteiger partial charge is 0.319 e. The summed E-state index contributed by atoms with van der Waals surface area (Å²) in [5.41, 5.74) is 0.192. The lowest BCUT2D eigenvalue weighted by Gasteiger charge is -2.18. The number of hydrogen-bond acceptors (Lipinski definition) is 3. The number of carbonyl (C=O) groups excluding carboxylic acids is 1. The van der Waals surface area contributed by atoms with Gasteiger partial charge in [-0.2, -0.15) is 0 Å². The van der Waals surface area contributed by atoms with Crippen LogP contribution in [0.25, 0.3) is 0 Å². The summed E-state index contributed by atoms with van der Waals surface area (Å²) in [6.07, 6.45) is 0. The van der Waals surface area contributed by atoms with Gasteiger partial charge >= 0.3 is 5.97 Å². The van der Waals surface area contributed by atoms with Gasteiger partial charge in [-0.05, 0) is 28.9 Å². The Bertz CT molecular complexity index is 416. The van der Waals surface area contributed by atoms with Crippen LogP contribution in [0.4, 0.5) is 0 Å². The molecule has 1 aliphatic heterocycles. The normalized spacial score (nSPS) is 23.1. The molecule has 15 heavy (non-hydrogen) atoms. The predicted molar refractivity (Wildman–Crippen MR) is 59.0 cm³/mol. The molecule has 0 aromatic heterocycles. The number of rotatable bonds is 1. The second-order valence-electron chi connectivity index (χ2n) is 3.73. The largest absolute Gasteiger partial charge is 0.491 e. The molecule has 0 N–H and O–H groups in total. The van der Waals surface area contributed by atoms with E-state index in [1.807, 2.05) is 25.1 Å². The number of carbonyl (C=O) groups is 1. The van der Waals surface area contributed by atoms with Crippen LogP contribution in [-0.2, 0) is 14.9 Å². The summed E-state index contributed by atoms with van der Waals surface area (Å²) in [5, 5.41) is 0. The fraction of sp³-hybridized carbons (Fsp3) is 0.364. The van der Waals surface area contributed by atoms with Crippen LogP contribution < -0.4 is 4.74 Å². The van der Waals surface area contributed by atoms with Gasteiger partial charge in [0.1, 0.15) is 17.8 Å². The molecular weight excluding hydrogens is 260 g/mol. The average molecular weight is 271 g/mol. The van der Waals surface area contributed by atoms with Gasteiger partial charge in [-0.1, -0.05) is 12.1 Å². The van der Waals surface area contributed by atoms with Crippen LogP contribution in [0.1, 0.15) is 12.5 Å². The van der Waals surface area contributed by atoms with E-state index in [-0.39, 0.29) is 5.97 Å². The Morgan fingerprint density at radius 3 is 3.00 bits per heavy atom. The summed E-state index contributed by atoms with van der Waals surface area (Å²) in [4.78, 5) is 11.7. The standard InChI is InChI=1S/C11H11BrO3/c1-11(10(13)14-2)6-15-9-7(11)4-3-5-8(9)12/h3-5H,6H2,1-2H3. The van der Waals surface area contributed by atoms with E-state index >= 15 is 0 Å². The van der Waals surface area contributed by atoms with Gasteiger partial charge in [-0.15, -0.1) is 0 Å². The minimum absolute atomic E-state index is 0.264. The number of esters is 1. The highest BCUT2D eigenvalue weighted by molar-refractivity contribution is 9.10. The minimum Gasteiger partial charge on any atom is -0.491 e. The first-order valence-corrected chi connectivity index (χ1v) is 5.39. The molecule has 1 aromatic carbocycles. The maximum absolute atomic E-state index is 11.7. The van der Waals surface area contributed by atoms with Gasteiger partial charge in [0, 0.05) is 5.56 Å². The average Bonchev–Trinajstić information content (AvgIpc) is 2.59. The second kappa shape index (κ2) is 3.52. The molecule has 2 rings (SSSR count). The molecule has 3 nitrogen and oxygen atoms in total. The van der Waals surface area contributed by atoms with Crippen molar-refractivity contribution < 1.29 is 14.3 Å². The molecule has 0 aliphatic carbocycles. The van der Waals surface area contributed by atoms with Crippen molar-refractivity contribution in [1.82, 2.24) is 0 Å². The summed E-state index contributed by atoms with van der Waals surface area (Å²) in [5.74, 6) is 0.477. The zero-order valence-electron chi connectivity index (χ0n) is 8.54. The maximum Gasteiger partial charge on any atom is 0.319 e. The summed E-state index contributed by atoms with van der Waals surface area (Å²) in [6.45, 7) is 2.16. The van der Waals surface area contributed by atoms with Crippen LogP contribution >= 0.6 is 15.9 Å². The lowest BCUT2D eigenvalue weighted by atomic mass is 9.85. The monoisotopic (exact) mass is 270 g/mol. The molecule has 0 radical (unpaired) electrons. The number of halogens is 1. The van der Waals surface area contributed by atoms with Crippen LogP contribution in [0.3, 0.4) is 0 Å². The Morgan fingerprint density at radius 1 is 1.60 bits per heavy atom. The molecule has 1 atom stereocenters. The van der Waals surface area contributed by atoms with E-state index in [9.17, 15) is 4.79 Å². The summed E-state index contributed by atoms with van der Waals surface area (Å²) < 4.78 is 11.2. The third-order valence-corrected chi connectivity index (χ3v) is 3.33. The van der Waals surface area contributed by atoms with E-state index in [4.69, 9.17) is 9.47 Å². The first-order chi connectivity index (χ1) is 7.09. The van der Waals surface area contributed by atoms with Crippen molar-refractivity contribution >= 4 is 21.9 Å². The zero-order valence-corrected chi connectivity index (χ0v) is 10.1. The van der Waals surface area contributed by atoms with E-state index in [2.05, 4.69) is 15.9 Å². The van der Waals surface area contributed by atoms with E-state index in [1.165, 1.54) is 7.11 Å². The lowest BCUT2D eigenvalue weighted by molar-refractivity contribution is -0.147. The Balaban J connectivity index is 2.53. The highest BCUT2D eigenvalue weighted by Crippen LogP contribution is 2.43. The second-order valence-corrected chi connectivity index (χ2v) is 4.58. The van der Waals surface area contributed by atoms with Crippen molar-refractivity contribution in [2.45, 2.75) is 12.3 Å². The Morgan fingerprint density at radius 2 is 2.33 bits per heavy atom. The minimum atomic E-state index is -0.687. The Kier molecular flexibility index (Phi) is 2.46. The van der Waals surface area contributed by atoms with Gasteiger partial charge in [0.05, 0.1) is 11.6 Å². The fourth-order valence-electron chi connectivity index (χ4n) is 1.78. The fourth-order valence-corrected chi connectivity index (χ4v) is 2.26. The Labute approximate surface area is 96.5 Å². The number of hydrogen-bond donors (Lipinski definition) is 0. The van der Waals surface area contributed by atoms with Crippen LogP contribution in [-0.4, -0.2) is 19.7 Å². The molecule has 80 valence electrons. The van der Waals surface area contributed by atoms with Gasteiger partial charge in [0.25, 0.3) is 0 Å². The Hall–Kier alpha value is -1.03. The van der Waals surface area contributed by atoms with E-state index < -0.39 is 5.41 Å². The molecule has 1 unspecified atom stereocenters. The van der Waals surface area contributed by atoms with Crippen molar-refractivity contribution in [3.8, 4) is 5.75 Å². The summed E-state index contributed by atoms with van der Waals surface area (Å²) in [6, 6.07) is 5.67.